The molecule has 0 spiro atoms. The number of hydrogen-bond acceptors (Lipinski definition) is 3. The molecule has 0 aromatic heterocycles. The van der Waals surface area contributed by atoms with Crippen LogP contribution in [0.2, 0.25) is 0 Å². The van der Waals surface area contributed by atoms with Crippen LogP contribution in [-0.4, -0.2) is 53.8 Å². The summed E-state index contributed by atoms with van der Waals surface area (Å²) in [4.78, 5) is 40.3. The zero-order valence-corrected chi connectivity index (χ0v) is 15.8. The van der Waals surface area contributed by atoms with Crippen LogP contribution < -0.4 is 11.1 Å². The van der Waals surface area contributed by atoms with Crippen LogP contribution in [0.3, 0.4) is 0 Å². The maximum Gasteiger partial charge on any atom is 0.316 e. The quantitative estimate of drug-likeness (QED) is 0.852. The van der Waals surface area contributed by atoms with Gasteiger partial charge in [0, 0.05) is 43.3 Å². The Kier molecular flexibility index (Phi) is 5.98. The van der Waals surface area contributed by atoms with E-state index >= 15 is 0 Å². The summed E-state index contributed by atoms with van der Waals surface area (Å²) < 4.78 is 0. The van der Waals surface area contributed by atoms with Gasteiger partial charge < -0.3 is 20.9 Å². The highest BCUT2D eigenvalue weighted by atomic mass is 16.2. The second-order valence-corrected chi connectivity index (χ2v) is 7.67. The molecule has 0 aliphatic carbocycles. The van der Waals surface area contributed by atoms with Crippen molar-refractivity contribution in [2.24, 2.45) is 17.6 Å². The fourth-order valence-corrected chi connectivity index (χ4v) is 4.03. The minimum Gasteiger partial charge on any atom is -0.351 e. The van der Waals surface area contributed by atoms with Crippen molar-refractivity contribution >= 4 is 23.5 Å². The Hall–Kier alpha value is -2.57. The predicted octanol–water partition coefficient (Wildman–Crippen LogP) is 2.29. The van der Waals surface area contributed by atoms with E-state index in [1.165, 1.54) is 6.42 Å². The summed E-state index contributed by atoms with van der Waals surface area (Å²) in [7, 11) is 0. The summed E-state index contributed by atoms with van der Waals surface area (Å²) in [6.45, 7) is 5.07. The average Bonchev–Trinajstić information content (AvgIpc) is 2.66. The van der Waals surface area contributed by atoms with Crippen molar-refractivity contribution in [3.8, 4) is 0 Å². The Morgan fingerprint density at radius 2 is 1.81 bits per heavy atom. The van der Waals surface area contributed by atoms with Gasteiger partial charge in [-0.1, -0.05) is 13.0 Å². The molecule has 27 heavy (non-hydrogen) atoms. The third kappa shape index (κ3) is 4.78. The molecule has 3 N–H and O–H groups in total. The van der Waals surface area contributed by atoms with Gasteiger partial charge >= 0.3 is 6.03 Å². The van der Waals surface area contributed by atoms with Crippen LogP contribution in [0.15, 0.2) is 24.3 Å². The van der Waals surface area contributed by atoms with Gasteiger partial charge in [-0.25, -0.2) is 4.79 Å². The van der Waals surface area contributed by atoms with E-state index in [9.17, 15) is 14.4 Å². The maximum absolute atomic E-state index is 12.8. The summed E-state index contributed by atoms with van der Waals surface area (Å²) in [5.41, 5.74) is 6.13. The van der Waals surface area contributed by atoms with Crippen molar-refractivity contribution in [1.82, 2.24) is 9.80 Å². The molecule has 7 heteroatoms. The van der Waals surface area contributed by atoms with E-state index in [-0.39, 0.29) is 17.7 Å². The summed E-state index contributed by atoms with van der Waals surface area (Å²) in [6.07, 6.45) is 3.68. The topological polar surface area (TPSA) is 95.7 Å². The third-order valence-corrected chi connectivity index (χ3v) is 5.48. The second-order valence-electron chi connectivity index (χ2n) is 7.67. The highest BCUT2D eigenvalue weighted by Crippen LogP contribution is 2.24. The first-order chi connectivity index (χ1) is 12.9. The molecule has 2 aliphatic heterocycles. The van der Waals surface area contributed by atoms with E-state index in [2.05, 4.69) is 12.2 Å². The van der Waals surface area contributed by atoms with Gasteiger partial charge in [-0.2, -0.15) is 0 Å². The van der Waals surface area contributed by atoms with Crippen molar-refractivity contribution in [2.75, 3.05) is 31.5 Å². The fraction of sp³-hybridized carbons (Fsp3) is 0.550. The molecular formula is C20H28N4O3. The first kappa shape index (κ1) is 19.2. The minimum atomic E-state index is -0.661. The van der Waals surface area contributed by atoms with Crippen LogP contribution in [0.4, 0.5) is 10.5 Å². The molecule has 1 aromatic rings. The molecule has 1 aromatic carbocycles. The highest BCUT2D eigenvalue weighted by Gasteiger charge is 2.32. The predicted molar refractivity (Wildman–Crippen MR) is 103 cm³/mol. The molecule has 7 nitrogen and oxygen atoms in total. The number of benzene rings is 1. The number of rotatable bonds is 3. The van der Waals surface area contributed by atoms with E-state index in [0.29, 0.717) is 43.1 Å². The van der Waals surface area contributed by atoms with E-state index < -0.39 is 6.03 Å². The van der Waals surface area contributed by atoms with Crippen LogP contribution in [0.1, 0.15) is 43.0 Å². The van der Waals surface area contributed by atoms with Gasteiger partial charge in [-0.05, 0) is 49.8 Å². The van der Waals surface area contributed by atoms with E-state index in [0.717, 1.165) is 19.5 Å². The number of carbonyl (C=O) groups is 3. The van der Waals surface area contributed by atoms with Gasteiger partial charge in [0.1, 0.15) is 0 Å². The van der Waals surface area contributed by atoms with Gasteiger partial charge in [0.25, 0.3) is 5.91 Å². The summed E-state index contributed by atoms with van der Waals surface area (Å²) in [5, 5.41) is 2.48. The van der Waals surface area contributed by atoms with Gasteiger partial charge in [-0.15, -0.1) is 0 Å². The average molecular weight is 372 g/mol. The summed E-state index contributed by atoms with van der Waals surface area (Å²) in [5.74, 6) is 0.759. The highest BCUT2D eigenvalue weighted by molar-refractivity contribution is 5.96. The second kappa shape index (κ2) is 8.41. The Morgan fingerprint density at radius 3 is 2.48 bits per heavy atom. The number of nitrogens with two attached hydrogens (primary N) is 1. The Morgan fingerprint density at radius 1 is 1.07 bits per heavy atom. The van der Waals surface area contributed by atoms with Crippen molar-refractivity contribution in [3.63, 3.8) is 0 Å². The molecule has 2 aliphatic rings. The molecule has 0 saturated carbocycles. The first-order valence-corrected chi connectivity index (χ1v) is 9.68. The molecule has 0 bridgehead atoms. The lowest BCUT2D eigenvalue weighted by molar-refractivity contribution is -0.138. The molecule has 2 heterocycles. The number of likely N-dealkylation sites (tertiary alicyclic amines) is 2. The summed E-state index contributed by atoms with van der Waals surface area (Å²) >= 11 is 0. The molecular weight excluding hydrogens is 344 g/mol. The SMILES string of the molecule is C[C@H]1CCCN(C(=O)C2CCN(C(=O)c3cccc(NC(N)=O)c3)CC2)C1. The molecule has 0 unspecified atom stereocenters. The zero-order valence-electron chi connectivity index (χ0n) is 15.8. The molecule has 1 atom stereocenters. The standard InChI is InChI=1S/C20H28N4O3/c1-14-4-3-9-24(13-14)18(25)15-7-10-23(11-8-15)19(26)16-5-2-6-17(12-16)22-20(21)27/h2,5-6,12,14-15H,3-4,7-11,13H2,1H3,(H3,21,22,27)/t14-/m0/s1. The van der Waals surface area contributed by atoms with Gasteiger partial charge in [0.15, 0.2) is 0 Å². The number of primary amides is 1. The smallest absolute Gasteiger partial charge is 0.316 e. The van der Waals surface area contributed by atoms with Gasteiger partial charge in [0.05, 0.1) is 0 Å². The van der Waals surface area contributed by atoms with Crippen LogP contribution in [0, 0.1) is 11.8 Å². The number of carbonyl (C=O) groups excluding carboxylic acids is 3. The van der Waals surface area contributed by atoms with Crippen LogP contribution in [0.5, 0.6) is 0 Å². The molecule has 3 rings (SSSR count). The van der Waals surface area contributed by atoms with Crippen molar-refractivity contribution in [2.45, 2.75) is 32.6 Å². The summed E-state index contributed by atoms with van der Waals surface area (Å²) in [6, 6.07) is 6.09. The lowest BCUT2D eigenvalue weighted by Crippen LogP contribution is -2.47. The minimum absolute atomic E-state index is 0.0159. The number of amides is 4. The number of nitrogens with zero attached hydrogens (tertiary/aromatic N) is 2. The number of urea groups is 1. The van der Waals surface area contributed by atoms with Crippen LogP contribution in [0.25, 0.3) is 0 Å². The largest absolute Gasteiger partial charge is 0.351 e. The van der Waals surface area contributed by atoms with Gasteiger partial charge in [0.2, 0.25) is 5.91 Å². The van der Waals surface area contributed by atoms with E-state index in [4.69, 9.17) is 5.73 Å². The lowest BCUT2D eigenvalue weighted by Gasteiger charge is -2.37. The third-order valence-electron chi connectivity index (χ3n) is 5.48. The van der Waals surface area contributed by atoms with Crippen LogP contribution in [-0.2, 0) is 4.79 Å². The molecule has 146 valence electrons. The lowest BCUT2D eigenvalue weighted by atomic mass is 9.92. The monoisotopic (exact) mass is 372 g/mol. The number of piperidine rings is 2. The maximum atomic E-state index is 12.8. The normalized spacial score (nSPS) is 21.0. The Balaban J connectivity index is 1.56. The number of hydrogen-bond donors (Lipinski definition) is 2. The zero-order chi connectivity index (χ0) is 19.4. The van der Waals surface area contributed by atoms with Crippen molar-refractivity contribution in [3.05, 3.63) is 29.8 Å². The van der Waals surface area contributed by atoms with Gasteiger partial charge in [-0.3, -0.25) is 9.59 Å². The van der Waals surface area contributed by atoms with Crippen LogP contribution >= 0.6 is 0 Å². The molecule has 4 amide bonds. The Bertz CT molecular complexity index is 713. The molecule has 2 fully saturated rings. The number of anilines is 1. The first-order valence-electron chi connectivity index (χ1n) is 9.68. The number of nitrogens with one attached hydrogen (secondary N) is 1. The van der Waals surface area contributed by atoms with E-state index in [1.807, 2.05) is 4.90 Å². The fourth-order valence-electron chi connectivity index (χ4n) is 4.03. The molecule has 0 radical (unpaired) electrons. The molecule has 2 saturated heterocycles. The van der Waals surface area contributed by atoms with Crippen molar-refractivity contribution < 1.29 is 14.4 Å². The van der Waals surface area contributed by atoms with Crippen molar-refractivity contribution in [1.29, 1.82) is 0 Å². The van der Waals surface area contributed by atoms with E-state index in [1.54, 1.807) is 29.2 Å². The Labute approximate surface area is 159 Å².